The number of amides is 2. The van der Waals surface area contributed by atoms with Crippen molar-refractivity contribution in [3.63, 3.8) is 0 Å². The third-order valence-electron chi connectivity index (χ3n) is 4.05. The molecule has 0 aliphatic heterocycles. The van der Waals surface area contributed by atoms with E-state index in [1.54, 1.807) is 31.2 Å². The molecule has 1 heterocycles. The summed E-state index contributed by atoms with van der Waals surface area (Å²) < 4.78 is 26.6. The second kappa shape index (κ2) is 10.9. The topological polar surface area (TPSA) is 108 Å². The van der Waals surface area contributed by atoms with Crippen molar-refractivity contribution in [2.45, 2.75) is 24.8 Å². The third-order valence-corrected chi connectivity index (χ3v) is 5.75. The molecule has 156 valence electrons. The number of hydrogen-bond acceptors (Lipinski definition) is 5. The van der Waals surface area contributed by atoms with Gasteiger partial charge in [0.05, 0.1) is 6.54 Å². The molecule has 0 fully saturated rings. The van der Waals surface area contributed by atoms with Crippen molar-refractivity contribution >= 4 is 33.4 Å². The first-order valence-corrected chi connectivity index (χ1v) is 10.9. The Labute approximate surface area is 175 Å². The third kappa shape index (κ3) is 7.45. The molecular formula is C19H23ClN4O4S. The average Bonchev–Trinajstić information content (AvgIpc) is 2.72. The van der Waals surface area contributed by atoms with E-state index in [2.05, 4.69) is 15.0 Å². The minimum atomic E-state index is -3.73. The van der Waals surface area contributed by atoms with Crippen LogP contribution in [0.1, 0.15) is 18.9 Å². The van der Waals surface area contributed by atoms with E-state index >= 15 is 0 Å². The van der Waals surface area contributed by atoms with Crippen LogP contribution >= 0.6 is 11.6 Å². The fraction of sp³-hybridized carbons (Fsp3) is 0.316. The molecule has 0 bridgehead atoms. The second-order valence-electron chi connectivity index (χ2n) is 6.15. The van der Waals surface area contributed by atoms with Crippen LogP contribution in [0.4, 0.5) is 0 Å². The molecule has 0 aliphatic rings. The van der Waals surface area contributed by atoms with Crippen LogP contribution in [-0.2, 0) is 26.2 Å². The number of nitrogens with one attached hydrogen (secondary N) is 2. The fourth-order valence-corrected chi connectivity index (χ4v) is 3.57. The van der Waals surface area contributed by atoms with Crippen molar-refractivity contribution in [3.8, 4) is 0 Å². The lowest BCUT2D eigenvalue weighted by Gasteiger charge is -2.20. The maximum atomic E-state index is 12.3. The molecule has 10 heteroatoms. The molecule has 29 heavy (non-hydrogen) atoms. The number of rotatable bonds is 10. The maximum Gasteiger partial charge on any atom is 0.242 e. The van der Waals surface area contributed by atoms with Gasteiger partial charge in [-0.2, -0.15) is 0 Å². The summed E-state index contributed by atoms with van der Waals surface area (Å²) in [4.78, 5) is 29.6. The lowest BCUT2D eigenvalue weighted by molar-refractivity contribution is -0.135. The van der Waals surface area contributed by atoms with Gasteiger partial charge in [0.15, 0.2) is 0 Å². The molecule has 2 N–H and O–H groups in total. The van der Waals surface area contributed by atoms with Crippen LogP contribution in [0.3, 0.4) is 0 Å². The molecule has 0 saturated heterocycles. The molecule has 2 amide bonds. The van der Waals surface area contributed by atoms with Crippen LogP contribution in [0, 0.1) is 0 Å². The van der Waals surface area contributed by atoms with Crippen molar-refractivity contribution in [1.82, 2.24) is 19.9 Å². The summed E-state index contributed by atoms with van der Waals surface area (Å²) in [5, 5.41) is 3.36. The summed E-state index contributed by atoms with van der Waals surface area (Å²) in [6.45, 7) is 2.25. The van der Waals surface area contributed by atoms with Crippen molar-refractivity contribution in [3.05, 3.63) is 59.4 Å². The van der Waals surface area contributed by atoms with Crippen LogP contribution in [0.5, 0.6) is 0 Å². The van der Waals surface area contributed by atoms with E-state index in [0.29, 0.717) is 18.1 Å². The largest absolute Gasteiger partial charge is 0.350 e. The van der Waals surface area contributed by atoms with Crippen molar-refractivity contribution in [1.29, 1.82) is 0 Å². The summed E-state index contributed by atoms with van der Waals surface area (Å²) >= 11 is 5.82. The van der Waals surface area contributed by atoms with Gasteiger partial charge >= 0.3 is 0 Å². The summed E-state index contributed by atoms with van der Waals surface area (Å²) in [7, 11) is -3.73. The highest BCUT2D eigenvalue weighted by molar-refractivity contribution is 7.89. The lowest BCUT2D eigenvalue weighted by Crippen LogP contribution is -2.41. The SMILES string of the molecule is CCN(CC(=O)NCc1ccc(Cl)cc1)C(=O)CCNS(=O)(=O)c1cccnc1. The number of sulfonamides is 1. The van der Waals surface area contributed by atoms with Crippen molar-refractivity contribution in [2.75, 3.05) is 19.6 Å². The van der Waals surface area contributed by atoms with E-state index in [-0.39, 0.29) is 36.2 Å². The molecule has 8 nitrogen and oxygen atoms in total. The second-order valence-corrected chi connectivity index (χ2v) is 8.35. The first-order valence-electron chi connectivity index (χ1n) is 9.00. The Hall–Kier alpha value is -2.49. The normalized spacial score (nSPS) is 11.1. The van der Waals surface area contributed by atoms with E-state index in [1.807, 2.05) is 0 Å². The van der Waals surface area contributed by atoms with Crippen molar-refractivity contribution < 1.29 is 18.0 Å². The van der Waals surface area contributed by atoms with Gasteiger partial charge in [-0.3, -0.25) is 14.6 Å². The quantitative estimate of drug-likeness (QED) is 0.585. The van der Waals surface area contributed by atoms with E-state index < -0.39 is 10.0 Å². The summed E-state index contributed by atoms with van der Waals surface area (Å²) in [6, 6.07) is 10.0. The number of likely N-dealkylation sites (N-methyl/N-ethyl adjacent to an activating group) is 1. The Morgan fingerprint density at radius 3 is 2.52 bits per heavy atom. The van der Waals surface area contributed by atoms with E-state index in [9.17, 15) is 18.0 Å². The maximum absolute atomic E-state index is 12.3. The Bertz CT molecular complexity index is 921. The fourth-order valence-electron chi connectivity index (χ4n) is 2.45. The van der Waals surface area contributed by atoms with Crippen LogP contribution in [0.2, 0.25) is 5.02 Å². The number of hydrogen-bond donors (Lipinski definition) is 2. The van der Waals surface area contributed by atoms with Gasteiger partial charge in [-0.05, 0) is 36.8 Å². The van der Waals surface area contributed by atoms with Gasteiger partial charge in [-0.15, -0.1) is 0 Å². The molecule has 2 aromatic rings. The molecule has 0 saturated carbocycles. The standard InChI is InChI=1S/C19H23ClN4O4S/c1-2-24(14-18(25)22-12-15-5-7-16(20)8-6-15)19(26)9-11-23-29(27,28)17-4-3-10-21-13-17/h3-8,10,13,23H,2,9,11-12,14H2,1H3,(H,22,25). The van der Waals surface area contributed by atoms with E-state index in [1.165, 1.54) is 29.4 Å². The van der Waals surface area contributed by atoms with Gasteiger partial charge in [-0.1, -0.05) is 23.7 Å². The molecule has 0 unspecified atom stereocenters. The highest BCUT2D eigenvalue weighted by atomic mass is 35.5. The minimum absolute atomic E-state index is 0.0290. The molecular weight excluding hydrogens is 416 g/mol. The Balaban J connectivity index is 1.79. The Kier molecular flexibility index (Phi) is 8.56. The summed E-state index contributed by atoms with van der Waals surface area (Å²) in [5.41, 5.74) is 0.891. The van der Waals surface area contributed by atoms with Gasteiger partial charge in [-0.25, -0.2) is 13.1 Å². The predicted molar refractivity (Wildman–Crippen MR) is 110 cm³/mol. The molecule has 2 rings (SSSR count). The molecule has 0 atom stereocenters. The predicted octanol–water partition coefficient (Wildman–Crippen LogP) is 1.57. The number of carbonyl (C=O) groups excluding carboxylic acids is 2. The van der Waals surface area contributed by atoms with Gasteiger partial charge < -0.3 is 10.2 Å². The molecule has 0 radical (unpaired) electrons. The number of benzene rings is 1. The number of carbonyl (C=O) groups is 2. The zero-order valence-corrected chi connectivity index (χ0v) is 17.5. The number of aromatic nitrogens is 1. The number of nitrogens with zero attached hydrogens (tertiary/aromatic N) is 2. The highest BCUT2D eigenvalue weighted by Crippen LogP contribution is 2.09. The van der Waals surface area contributed by atoms with Crippen LogP contribution in [0.15, 0.2) is 53.7 Å². The Morgan fingerprint density at radius 1 is 1.17 bits per heavy atom. The number of pyridine rings is 1. The smallest absolute Gasteiger partial charge is 0.242 e. The van der Waals surface area contributed by atoms with Gasteiger partial charge in [0.1, 0.15) is 4.90 Å². The average molecular weight is 439 g/mol. The van der Waals surface area contributed by atoms with Gasteiger partial charge in [0, 0.05) is 43.5 Å². The Morgan fingerprint density at radius 2 is 1.90 bits per heavy atom. The summed E-state index contributed by atoms with van der Waals surface area (Å²) in [6.07, 6.45) is 2.64. The minimum Gasteiger partial charge on any atom is -0.350 e. The van der Waals surface area contributed by atoms with E-state index in [4.69, 9.17) is 11.6 Å². The monoisotopic (exact) mass is 438 g/mol. The first-order chi connectivity index (χ1) is 13.8. The molecule has 1 aromatic heterocycles. The summed E-state index contributed by atoms with van der Waals surface area (Å²) in [5.74, 6) is -0.617. The van der Waals surface area contributed by atoms with Crippen LogP contribution < -0.4 is 10.0 Å². The molecule has 0 aliphatic carbocycles. The van der Waals surface area contributed by atoms with Crippen molar-refractivity contribution in [2.24, 2.45) is 0 Å². The number of halogens is 1. The highest BCUT2D eigenvalue weighted by Gasteiger charge is 2.18. The van der Waals surface area contributed by atoms with E-state index in [0.717, 1.165) is 5.56 Å². The zero-order chi connectivity index (χ0) is 21.3. The molecule has 0 spiro atoms. The van der Waals surface area contributed by atoms with Gasteiger partial charge in [0.25, 0.3) is 0 Å². The van der Waals surface area contributed by atoms with Crippen LogP contribution in [-0.4, -0.2) is 49.8 Å². The first kappa shape index (κ1) is 22.8. The van der Waals surface area contributed by atoms with Crippen LogP contribution in [0.25, 0.3) is 0 Å². The van der Waals surface area contributed by atoms with Gasteiger partial charge in [0.2, 0.25) is 21.8 Å². The zero-order valence-electron chi connectivity index (χ0n) is 16.0. The lowest BCUT2D eigenvalue weighted by atomic mass is 10.2. The molecule has 1 aromatic carbocycles.